The number of hydrogen-bond donors (Lipinski definition) is 1. The quantitative estimate of drug-likeness (QED) is 0.739. The standard InChI is InChI=1S/C12H14ClFS/c1-3-9(7-8(2)15)12-10(13)5-4-6-11(12)14/h4-8,15H,3H2,1-2H3/b9-7+. The van der Waals surface area contributed by atoms with Crippen LogP contribution in [0.2, 0.25) is 5.02 Å². The molecule has 15 heavy (non-hydrogen) atoms. The van der Waals surface area contributed by atoms with Crippen molar-refractivity contribution in [3.8, 4) is 0 Å². The van der Waals surface area contributed by atoms with E-state index in [4.69, 9.17) is 11.6 Å². The molecular formula is C12H14ClFS. The van der Waals surface area contributed by atoms with E-state index < -0.39 is 0 Å². The van der Waals surface area contributed by atoms with Crippen molar-refractivity contribution in [3.05, 3.63) is 40.7 Å². The van der Waals surface area contributed by atoms with Crippen molar-refractivity contribution < 1.29 is 4.39 Å². The Morgan fingerprint density at radius 2 is 2.27 bits per heavy atom. The molecular weight excluding hydrogens is 231 g/mol. The zero-order valence-electron chi connectivity index (χ0n) is 8.80. The Morgan fingerprint density at radius 1 is 1.60 bits per heavy atom. The van der Waals surface area contributed by atoms with Gasteiger partial charge in [-0.05, 0) is 31.1 Å². The van der Waals surface area contributed by atoms with E-state index in [2.05, 4.69) is 12.6 Å². The number of allylic oxidation sites excluding steroid dienone is 1. The molecule has 1 aromatic carbocycles. The Bertz CT molecular complexity index is 352. The van der Waals surface area contributed by atoms with Gasteiger partial charge in [0.25, 0.3) is 0 Å². The summed E-state index contributed by atoms with van der Waals surface area (Å²) >= 11 is 10.2. The van der Waals surface area contributed by atoms with Crippen LogP contribution in [0, 0.1) is 5.82 Å². The third kappa shape index (κ3) is 3.25. The molecule has 0 aromatic heterocycles. The van der Waals surface area contributed by atoms with Gasteiger partial charge >= 0.3 is 0 Å². The lowest BCUT2D eigenvalue weighted by atomic mass is 10.0. The zero-order valence-corrected chi connectivity index (χ0v) is 10.4. The molecule has 1 unspecified atom stereocenters. The summed E-state index contributed by atoms with van der Waals surface area (Å²) in [5.74, 6) is -0.274. The third-order valence-electron chi connectivity index (χ3n) is 2.11. The lowest BCUT2D eigenvalue weighted by molar-refractivity contribution is 0.623. The number of hydrogen-bond acceptors (Lipinski definition) is 1. The highest BCUT2D eigenvalue weighted by Crippen LogP contribution is 2.29. The molecule has 0 bridgehead atoms. The average molecular weight is 245 g/mol. The summed E-state index contributed by atoms with van der Waals surface area (Å²) in [4.78, 5) is 0. The maximum Gasteiger partial charge on any atom is 0.132 e. The van der Waals surface area contributed by atoms with Gasteiger partial charge in [-0.3, -0.25) is 0 Å². The Morgan fingerprint density at radius 3 is 2.73 bits per heavy atom. The summed E-state index contributed by atoms with van der Waals surface area (Å²) < 4.78 is 13.6. The van der Waals surface area contributed by atoms with E-state index in [1.807, 2.05) is 19.9 Å². The van der Waals surface area contributed by atoms with Crippen molar-refractivity contribution in [2.45, 2.75) is 25.5 Å². The van der Waals surface area contributed by atoms with Crippen molar-refractivity contribution in [2.75, 3.05) is 0 Å². The minimum atomic E-state index is -0.274. The molecule has 0 N–H and O–H groups in total. The van der Waals surface area contributed by atoms with E-state index in [-0.39, 0.29) is 11.1 Å². The van der Waals surface area contributed by atoms with Crippen LogP contribution in [0.5, 0.6) is 0 Å². The average Bonchev–Trinajstić information content (AvgIpc) is 2.15. The van der Waals surface area contributed by atoms with Gasteiger partial charge in [0.2, 0.25) is 0 Å². The summed E-state index contributed by atoms with van der Waals surface area (Å²) in [5, 5.41) is 0.549. The van der Waals surface area contributed by atoms with Crippen LogP contribution < -0.4 is 0 Å². The molecule has 0 nitrogen and oxygen atoms in total. The third-order valence-corrected chi connectivity index (χ3v) is 2.57. The fourth-order valence-corrected chi connectivity index (χ4v) is 1.94. The summed E-state index contributed by atoms with van der Waals surface area (Å²) in [6.45, 7) is 3.91. The van der Waals surface area contributed by atoms with Crippen LogP contribution >= 0.6 is 24.2 Å². The molecule has 0 spiro atoms. The van der Waals surface area contributed by atoms with Gasteiger partial charge in [-0.25, -0.2) is 4.39 Å². The van der Waals surface area contributed by atoms with Gasteiger partial charge in [-0.15, -0.1) is 0 Å². The molecule has 0 saturated heterocycles. The van der Waals surface area contributed by atoms with Crippen LogP contribution in [0.25, 0.3) is 5.57 Å². The fourth-order valence-electron chi connectivity index (χ4n) is 1.47. The van der Waals surface area contributed by atoms with E-state index in [9.17, 15) is 4.39 Å². The lowest BCUT2D eigenvalue weighted by Crippen LogP contribution is -1.94. The molecule has 1 aromatic rings. The lowest BCUT2D eigenvalue weighted by Gasteiger charge is -2.10. The van der Waals surface area contributed by atoms with Crippen LogP contribution in [0.15, 0.2) is 24.3 Å². The van der Waals surface area contributed by atoms with Crippen LogP contribution in [0.3, 0.4) is 0 Å². The molecule has 0 aliphatic heterocycles. The molecule has 0 radical (unpaired) electrons. The second-order valence-electron chi connectivity index (χ2n) is 3.38. The summed E-state index contributed by atoms with van der Waals surface area (Å²) in [7, 11) is 0. The Hall–Kier alpha value is -0.470. The van der Waals surface area contributed by atoms with Crippen LogP contribution in [-0.4, -0.2) is 5.25 Å². The van der Waals surface area contributed by atoms with Crippen LogP contribution in [0.1, 0.15) is 25.8 Å². The van der Waals surface area contributed by atoms with E-state index >= 15 is 0 Å². The van der Waals surface area contributed by atoms with Gasteiger partial charge in [-0.2, -0.15) is 12.6 Å². The van der Waals surface area contributed by atoms with Gasteiger partial charge in [0.15, 0.2) is 0 Å². The first kappa shape index (κ1) is 12.6. The predicted octanol–water partition coefficient (Wildman–Crippen LogP) is 4.59. The summed E-state index contributed by atoms with van der Waals surface area (Å²) in [6, 6.07) is 4.74. The maximum atomic E-state index is 13.6. The molecule has 82 valence electrons. The highest BCUT2D eigenvalue weighted by molar-refractivity contribution is 7.81. The van der Waals surface area contributed by atoms with Gasteiger partial charge < -0.3 is 0 Å². The Kier molecular flexibility index (Phi) is 4.68. The molecule has 0 aliphatic rings. The molecule has 3 heteroatoms. The molecule has 0 saturated carbocycles. The minimum Gasteiger partial charge on any atom is -0.206 e. The second kappa shape index (κ2) is 5.57. The zero-order chi connectivity index (χ0) is 11.4. The van der Waals surface area contributed by atoms with Crippen molar-refractivity contribution in [1.29, 1.82) is 0 Å². The van der Waals surface area contributed by atoms with Crippen molar-refractivity contribution in [2.24, 2.45) is 0 Å². The van der Waals surface area contributed by atoms with E-state index in [1.165, 1.54) is 6.07 Å². The number of halogens is 2. The van der Waals surface area contributed by atoms with Crippen molar-refractivity contribution in [1.82, 2.24) is 0 Å². The number of thiol groups is 1. The monoisotopic (exact) mass is 244 g/mol. The minimum absolute atomic E-state index is 0.0932. The van der Waals surface area contributed by atoms with Crippen LogP contribution in [-0.2, 0) is 0 Å². The molecule has 1 atom stereocenters. The summed E-state index contributed by atoms with van der Waals surface area (Å²) in [5.41, 5.74) is 1.41. The topological polar surface area (TPSA) is 0 Å². The molecule has 0 heterocycles. The predicted molar refractivity (Wildman–Crippen MR) is 68.1 cm³/mol. The summed E-state index contributed by atoms with van der Waals surface area (Å²) in [6.07, 6.45) is 2.67. The Balaban J connectivity index is 3.24. The fraction of sp³-hybridized carbons (Fsp3) is 0.333. The molecule has 1 rings (SSSR count). The highest BCUT2D eigenvalue weighted by atomic mass is 35.5. The maximum absolute atomic E-state index is 13.6. The van der Waals surface area contributed by atoms with Gasteiger partial charge in [0.05, 0.1) is 5.02 Å². The highest BCUT2D eigenvalue weighted by Gasteiger charge is 2.10. The second-order valence-corrected chi connectivity index (χ2v) is 4.60. The van der Waals surface area contributed by atoms with Gasteiger partial charge in [0.1, 0.15) is 5.82 Å². The Labute approximate surface area is 101 Å². The van der Waals surface area contributed by atoms with E-state index in [0.29, 0.717) is 10.6 Å². The normalized spacial score (nSPS) is 14.1. The first-order valence-electron chi connectivity index (χ1n) is 4.89. The van der Waals surface area contributed by atoms with Crippen molar-refractivity contribution >= 4 is 29.8 Å². The number of benzene rings is 1. The first-order valence-corrected chi connectivity index (χ1v) is 5.78. The van der Waals surface area contributed by atoms with E-state index in [1.54, 1.807) is 12.1 Å². The van der Waals surface area contributed by atoms with Gasteiger partial charge in [0, 0.05) is 10.8 Å². The molecule has 0 amide bonds. The van der Waals surface area contributed by atoms with E-state index in [0.717, 1.165) is 12.0 Å². The number of rotatable bonds is 3. The molecule has 0 aliphatic carbocycles. The smallest absolute Gasteiger partial charge is 0.132 e. The first-order chi connectivity index (χ1) is 7.06. The van der Waals surface area contributed by atoms with Crippen molar-refractivity contribution in [3.63, 3.8) is 0 Å². The largest absolute Gasteiger partial charge is 0.206 e. The molecule has 0 fully saturated rings. The van der Waals surface area contributed by atoms with Crippen LogP contribution in [0.4, 0.5) is 4.39 Å². The van der Waals surface area contributed by atoms with Gasteiger partial charge in [-0.1, -0.05) is 30.7 Å². The SMILES string of the molecule is CC/C(=C\C(C)S)c1c(F)cccc1Cl.